The summed E-state index contributed by atoms with van der Waals surface area (Å²) < 4.78 is 29.3. The van der Waals surface area contributed by atoms with E-state index >= 15 is 0 Å². The molecular formula is C20H25F2N3. The second kappa shape index (κ2) is 5.56. The number of rotatable bonds is 0. The second-order valence-corrected chi connectivity index (χ2v) is 7.66. The highest BCUT2D eigenvalue weighted by Crippen LogP contribution is 2.48. The van der Waals surface area contributed by atoms with Gasteiger partial charge in [0.25, 0.3) is 0 Å². The molecule has 2 unspecified atom stereocenters. The van der Waals surface area contributed by atoms with Gasteiger partial charge in [0.05, 0.1) is 11.4 Å². The summed E-state index contributed by atoms with van der Waals surface area (Å²) in [7, 11) is 3.97. The van der Waals surface area contributed by atoms with E-state index in [1.54, 1.807) is 4.90 Å². The number of allylic oxidation sites excluding steroid dienone is 1. The lowest BCUT2D eigenvalue weighted by atomic mass is 9.84. The fourth-order valence-corrected chi connectivity index (χ4v) is 4.46. The maximum Gasteiger partial charge on any atom is 0.153 e. The zero-order valence-corrected chi connectivity index (χ0v) is 15.4. The van der Waals surface area contributed by atoms with E-state index in [0.29, 0.717) is 23.3 Å². The van der Waals surface area contributed by atoms with Crippen molar-refractivity contribution in [2.75, 3.05) is 32.1 Å². The van der Waals surface area contributed by atoms with Gasteiger partial charge in [-0.25, -0.2) is 8.78 Å². The molecule has 25 heavy (non-hydrogen) atoms. The summed E-state index contributed by atoms with van der Waals surface area (Å²) in [6.45, 7) is 9.75. The Balaban J connectivity index is 1.93. The maximum absolute atomic E-state index is 14.9. The van der Waals surface area contributed by atoms with Crippen molar-refractivity contribution < 1.29 is 8.78 Å². The fourth-order valence-electron chi connectivity index (χ4n) is 4.46. The molecule has 3 aliphatic heterocycles. The zero-order chi connectivity index (χ0) is 18.0. The Morgan fingerprint density at radius 1 is 1.20 bits per heavy atom. The Morgan fingerprint density at radius 2 is 1.92 bits per heavy atom. The number of fused-ring (bicyclic) bond motifs is 4. The third-order valence-electron chi connectivity index (χ3n) is 6.22. The van der Waals surface area contributed by atoms with Crippen LogP contribution in [0.2, 0.25) is 0 Å². The van der Waals surface area contributed by atoms with Crippen LogP contribution in [0.4, 0.5) is 14.5 Å². The van der Waals surface area contributed by atoms with Gasteiger partial charge in [0, 0.05) is 49.0 Å². The van der Waals surface area contributed by atoms with Crippen LogP contribution in [0, 0.1) is 18.6 Å². The molecule has 0 N–H and O–H groups in total. The van der Waals surface area contributed by atoms with Crippen molar-refractivity contribution in [1.29, 1.82) is 0 Å². The van der Waals surface area contributed by atoms with Gasteiger partial charge in [-0.05, 0) is 45.4 Å². The number of benzene rings is 1. The topological polar surface area (TPSA) is 9.72 Å². The van der Waals surface area contributed by atoms with E-state index in [4.69, 9.17) is 0 Å². The smallest absolute Gasteiger partial charge is 0.153 e. The molecular weight excluding hydrogens is 320 g/mol. The second-order valence-electron chi connectivity index (χ2n) is 7.66. The molecule has 0 saturated carbocycles. The first-order chi connectivity index (χ1) is 11.8. The fraction of sp³-hybridized carbons (Fsp3) is 0.500. The third-order valence-corrected chi connectivity index (χ3v) is 6.22. The SMILES string of the molecule is C=C1C2=C(c3cc(F)c(C)c(F)c3N1C)N1CC(C)N(C)CC1CC2. The van der Waals surface area contributed by atoms with Gasteiger partial charge >= 0.3 is 0 Å². The number of halogens is 2. The van der Waals surface area contributed by atoms with Gasteiger partial charge in [0.15, 0.2) is 5.82 Å². The van der Waals surface area contributed by atoms with Crippen LogP contribution < -0.4 is 4.90 Å². The van der Waals surface area contributed by atoms with Crippen molar-refractivity contribution in [1.82, 2.24) is 9.80 Å². The minimum absolute atomic E-state index is 0.0709. The highest BCUT2D eigenvalue weighted by molar-refractivity contribution is 5.87. The molecule has 134 valence electrons. The van der Waals surface area contributed by atoms with Gasteiger partial charge in [0.2, 0.25) is 0 Å². The zero-order valence-electron chi connectivity index (χ0n) is 15.4. The number of hydrogen-bond acceptors (Lipinski definition) is 3. The lowest BCUT2D eigenvalue weighted by Gasteiger charge is -2.51. The van der Waals surface area contributed by atoms with E-state index in [-0.39, 0.29) is 5.56 Å². The molecule has 0 bridgehead atoms. The molecule has 2 atom stereocenters. The summed E-state index contributed by atoms with van der Waals surface area (Å²) in [5.74, 6) is -0.956. The predicted octanol–water partition coefficient (Wildman–Crippen LogP) is 3.75. The monoisotopic (exact) mass is 345 g/mol. The number of anilines is 1. The molecule has 3 aliphatic rings. The summed E-state index contributed by atoms with van der Waals surface area (Å²) in [4.78, 5) is 6.53. The quantitative estimate of drug-likeness (QED) is 0.709. The molecule has 0 radical (unpaired) electrons. The molecule has 0 aromatic heterocycles. The molecule has 1 aromatic carbocycles. The van der Waals surface area contributed by atoms with E-state index in [1.165, 1.54) is 13.0 Å². The van der Waals surface area contributed by atoms with Gasteiger partial charge in [0.1, 0.15) is 5.82 Å². The summed E-state index contributed by atoms with van der Waals surface area (Å²) in [6, 6.07) is 2.30. The molecule has 1 saturated heterocycles. The average molecular weight is 345 g/mol. The molecule has 1 aromatic rings. The molecule has 5 heteroatoms. The normalized spacial score (nSPS) is 26.6. The Morgan fingerprint density at radius 3 is 2.64 bits per heavy atom. The maximum atomic E-state index is 14.9. The van der Waals surface area contributed by atoms with E-state index in [0.717, 1.165) is 42.9 Å². The van der Waals surface area contributed by atoms with Crippen LogP contribution in [0.5, 0.6) is 0 Å². The highest BCUT2D eigenvalue weighted by Gasteiger charge is 2.40. The van der Waals surface area contributed by atoms with Crippen molar-refractivity contribution in [3.63, 3.8) is 0 Å². The van der Waals surface area contributed by atoms with E-state index < -0.39 is 11.6 Å². The minimum atomic E-state index is -0.478. The van der Waals surface area contributed by atoms with Crippen molar-refractivity contribution in [2.24, 2.45) is 0 Å². The summed E-state index contributed by atoms with van der Waals surface area (Å²) in [5, 5.41) is 0. The first kappa shape index (κ1) is 16.6. The van der Waals surface area contributed by atoms with Crippen LogP contribution in [0.25, 0.3) is 5.70 Å². The molecule has 0 amide bonds. The predicted molar refractivity (Wildman–Crippen MR) is 97.4 cm³/mol. The van der Waals surface area contributed by atoms with E-state index in [2.05, 4.69) is 30.4 Å². The van der Waals surface area contributed by atoms with E-state index in [9.17, 15) is 8.78 Å². The number of hydrogen-bond donors (Lipinski definition) is 0. The molecule has 4 rings (SSSR count). The van der Waals surface area contributed by atoms with Gasteiger partial charge < -0.3 is 9.80 Å². The minimum Gasteiger partial charge on any atom is -0.365 e. The third kappa shape index (κ3) is 2.25. The Bertz CT molecular complexity index is 799. The van der Waals surface area contributed by atoms with Crippen LogP contribution in [0.1, 0.15) is 30.9 Å². The van der Waals surface area contributed by atoms with Gasteiger partial charge in [-0.3, -0.25) is 4.90 Å². The summed E-state index contributed by atoms with van der Waals surface area (Å²) in [6.07, 6.45) is 1.95. The van der Waals surface area contributed by atoms with Crippen molar-refractivity contribution in [3.8, 4) is 0 Å². The van der Waals surface area contributed by atoms with Gasteiger partial charge in [-0.2, -0.15) is 0 Å². The first-order valence-electron chi connectivity index (χ1n) is 8.93. The lowest BCUT2D eigenvalue weighted by Crippen LogP contribution is -2.56. The summed E-state index contributed by atoms with van der Waals surface area (Å²) >= 11 is 0. The van der Waals surface area contributed by atoms with Crippen molar-refractivity contribution >= 4 is 11.4 Å². The molecule has 0 spiro atoms. The highest BCUT2D eigenvalue weighted by atomic mass is 19.1. The lowest BCUT2D eigenvalue weighted by molar-refractivity contribution is 0.0843. The molecule has 1 fully saturated rings. The first-order valence-corrected chi connectivity index (χ1v) is 8.93. The van der Waals surface area contributed by atoms with Crippen LogP contribution in [-0.2, 0) is 0 Å². The number of likely N-dealkylation sites (N-methyl/N-ethyl adjacent to an activating group) is 2. The largest absolute Gasteiger partial charge is 0.365 e. The van der Waals surface area contributed by atoms with E-state index in [1.807, 2.05) is 7.05 Å². The van der Waals surface area contributed by atoms with Crippen molar-refractivity contribution in [2.45, 2.75) is 38.8 Å². The Hall–Kier alpha value is -1.88. The van der Waals surface area contributed by atoms with Crippen LogP contribution in [0.3, 0.4) is 0 Å². The van der Waals surface area contributed by atoms with Crippen LogP contribution >= 0.6 is 0 Å². The average Bonchev–Trinajstić information content (AvgIpc) is 2.57. The number of nitrogens with zero attached hydrogens (tertiary/aromatic N) is 3. The van der Waals surface area contributed by atoms with Gasteiger partial charge in [-0.1, -0.05) is 6.58 Å². The Labute approximate surface area is 148 Å². The van der Waals surface area contributed by atoms with Crippen molar-refractivity contribution in [3.05, 3.63) is 46.7 Å². The molecule has 0 aliphatic carbocycles. The van der Waals surface area contributed by atoms with Crippen LogP contribution in [0.15, 0.2) is 23.9 Å². The molecule has 3 heterocycles. The standard InChI is InChI=1S/C20H25F2N3/c1-11-9-25-14(10-23(11)4)6-7-15-13(3)24(5)20-16(19(15)25)8-17(21)12(2)18(20)22/h8,11,14H,3,6-7,9-10H2,1-2,4-5H3. The number of piperazine rings is 1. The Kier molecular flexibility index (Phi) is 3.69. The molecule has 3 nitrogen and oxygen atoms in total. The van der Waals surface area contributed by atoms with Crippen LogP contribution in [-0.4, -0.2) is 49.1 Å². The summed E-state index contributed by atoms with van der Waals surface area (Å²) in [5.41, 5.74) is 4.15. The van der Waals surface area contributed by atoms with Gasteiger partial charge in [-0.15, -0.1) is 0 Å².